The molecule has 0 aliphatic carbocycles. The smallest absolute Gasteiger partial charge is 0.170 e. The quantitative estimate of drug-likeness (QED) is 0.239. The van der Waals surface area contributed by atoms with Crippen LogP contribution in [0, 0.1) is 11.3 Å². The van der Waals surface area contributed by atoms with Gasteiger partial charge in [0, 0.05) is 16.7 Å². The fourth-order valence-electron chi connectivity index (χ4n) is 5.51. The number of nitriles is 1. The van der Waals surface area contributed by atoms with Crippen molar-refractivity contribution in [2.24, 2.45) is 9.98 Å². The van der Waals surface area contributed by atoms with Gasteiger partial charge < -0.3 is 5.32 Å². The Balaban J connectivity index is 1.36. The van der Waals surface area contributed by atoms with Gasteiger partial charge in [-0.3, -0.25) is 0 Å². The van der Waals surface area contributed by atoms with Gasteiger partial charge in [-0.2, -0.15) is 5.26 Å². The number of hydrogen-bond donors (Lipinski definition) is 1. The molecule has 0 saturated heterocycles. The highest BCUT2D eigenvalue weighted by Gasteiger charge is 2.23. The summed E-state index contributed by atoms with van der Waals surface area (Å²) < 4.78 is 0. The highest BCUT2D eigenvalue weighted by atomic mass is 15.2. The number of nitrogens with one attached hydrogen (secondary N) is 1. The fraction of sp³-hybridized carbons (Fsp3) is 0.0263. The van der Waals surface area contributed by atoms with E-state index >= 15 is 0 Å². The van der Waals surface area contributed by atoms with Crippen LogP contribution in [0.1, 0.15) is 28.4 Å². The first-order chi connectivity index (χ1) is 20.8. The largest absolute Gasteiger partial charge is 0.324 e. The van der Waals surface area contributed by atoms with E-state index in [2.05, 4.69) is 96.3 Å². The van der Waals surface area contributed by atoms with E-state index in [1.807, 2.05) is 60.7 Å². The Kier molecular flexibility index (Phi) is 6.60. The summed E-state index contributed by atoms with van der Waals surface area (Å²) in [5.74, 6) is 1.60. The number of nitrogens with zero attached hydrogens (tertiary/aromatic N) is 3. The molecule has 0 atom stereocenters. The average molecular weight is 539 g/mol. The molecule has 0 bridgehead atoms. The summed E-state index contributed by atoms with van der Waals surface area (Å²) in [4.78, 5) is 10.3. The molecule has 4 nitrogen and oxygen atoms in total. The maximum Gasteiger partial charge on any atom is 0.170 e. The molecule has 0 amide bonds. The van der Waals surface area contributed by atoms with Gasteiger partial charge in [0.05, 0.1) is 11.6 Å². The van der Waals surface area contributed by atoms with Gasteiger partial charge in [0.1, 0.15) is 11.7 Å². The predicted molar refractivity (Wildman–Crippen MR) is 171 cm³/mol. The van der Waals surface area contributed by atoms with Crippen LogP contribution in [0.4, 0.5) is 0 Å². The van der Waals surface area contributed by atoms with E-state index in [9.17, 15) is 5.26 Å². The Bertz CT molecular complexity index is 1940. The first kappa shape index (κ1) is 25.2. The second-order valence-corrected chi connectivity index (χ2v) is 10.2. The topological polar surface area (TPSA) is 60.5 Å². The summed E-state index contributed by atoms with van der Waals surface area (Å²) >= 11 is 0. The zero-order valence-corrected chi connectivity index (χ0v) is 22.8. The van der Waals surface area contributed by atoms with Gasteiger partial charge in [0.25, 0.3) is 0 Å². The second-order valence-electron chi connectivity index (χ2n) is 10.2. The van der Waals surface area contributed by atoms with E-state index in [-0.39, 0.29) is 0 Å². The molecule has 0 radical (unpaired) electrons. The average Bonchev–Trinajstić information content (AvgIpc) is 3.08. The lowest BCUT2D eigenvalue weighted by Gasteiger charge is -2.24. The number of amidine groups is 2. The molecule has 0 fully saturated rings. The van der Waals surface area contributed by atoms with Crippen LogP contribution in [0.25, 0.3) is 33.0 Å². The maximum absolute atomic E-state index is 9.33. The third-order valence-corrected chi connectivity index (χ3v) is 7.57. The molecule has 0 spiro atoms. The van der Waals surface area contributed by atoms with Gasteiger partial charge in [-0.1, -0.05) is 133 Å². The van der Waals surface area contributed by atoms with Crippen LogP contribution >= 0.6 is 0 Å². The predicted octanol–water partition coefficient (Wildman–Crippen LogP) is 8.54. The van der Waals surface area contributed by atoms with Crippen molar-refractivity contribution in [1.29, 1.82) is 5.26 Å². The van der Waals surface area contributed by atoms with Crippen molar-refractivity contribution < 1.29 is 0 Å². The summed E-state index contributed by atoms with van der Waals surface area (Å²) in [7, 11) is 0. The van der Waals surface area contributed by atoms with E-state index < -0.39 is 6.17 Å². The van der Waals surface area contributed by atoms with Gasteiger partial charge in [-0.15, -0.1) is 0 Å². The van der Waals surface area contributed by atoms with E-state index in [1.54, 1.807) is 0 Å². The van der Waals surface area contributed by atoms with Crippen molar-refractivity contribution in [1.82, 2.24) is 5.32 Å². The molecule has 1 aliphatic heterocycles. The van der Waals surface area contributed by atoms with Gasteiger partial charge in [0.15, 0.2) is 6.17 Å². The number of rotatable bonds is 5. The van der Waals surface area contributed by atoms with Crippen LogP contribution in [0.3, 0.4) is 0 Å². The molecule has 0 unspecified atom stereocenters. The van der Waals surface area contributed by atoms with Gasteiger partial charge >= 0.3 is 0 Å². The molecule has 0 aromatic heterocycles. The summed E-state index contributed by atoms with van der Waals surface area (Å²) in [6.07, 6.45) is -0.422. The van der Waals surface area contributed by atoms with Crippen molar-refractivity contribution in [3.8, 4) is 28.3 Å². The number of hydrogen-bond acceptors (Lipinski definition) is 4. The molecule has 0 saturated carbocycles. The summed E-state index contributed by atoms with van der Waals surface area (Å²) in [5, 5.41) is 15.1. The SMILES string of the molecule is N#Cc1cccc(-c2ccc(-c3cccc4cccc(C5N=C(c6ccccc6)NC(c6ccccc6)=N5)c34)cc2)c1. The van der Waals surface area contributed by atoms with Crippen LogP contribution in [-0.2, 0) is 0 Å². The van der Waals surface area contributed by atoms with Crippen molar-refractivity contribution in [2.75, 3.05) is 0 Å². The van der Waals surface area contributed by atoms with E-state index in [0.29, 0.717) is 5.56 Å². The highest BCUT2D eigenvalue weighted by Crippen LogP contribution is 2.37. The van der Waals surface area contributed by atoms with Gasteiger partial charge in [-0.05, 0) is 45.2 Å². The third kappa shape index (κ3) is 4.85. The van der Waals surface area contributed by atoms with E-state index in [4.69, 9.17) is 9.98 Å². The van der Waals surface area contributed by atoms with Crippen molar-refractivity contribution >= 4 is 22.4 Å². The molecule has 198 valence electrons. The van der Waals surface area contributed by atoms with Crippen LogP contribution in [0.5, 0.6) is 0 Å². The minimum atomic E-state index is -0.422. The van der Waals surface area contributed by atoms with E-state index in [1.165, 1.54) is 0 Å². The molecular weight excluding hydrogens is 512 g/mol. The minimum Gasteiger partial charge on any atom is -0.324 e. The van der Waals surface area contributed by atoms with Crippen LogP contribution in [0.2, 0.25) is 0 Å². The van der Waals surface area contributed by atoms with Crippen LogP contribution < -0.4 is 5.32 Å². The minimum absolute atomic E-state index is 0.422. The third-order valence-electron chi connectivity index (χ3n) is 7.57. The number of aliphatic imine (C=N–C) groups is 2. The van der Waals surface area contributed by atoms with Gasteiger partial charge in [0.2, 0.25) is 0 Å². The zero-order valence-electron chi connectivity index (χ0n) is 22.8. The Morgan fingerprint density at radius 1 is 0.524 bits per heavy atom. The molecule has 42 heavy (non-hydrogen) atoms. The zero-order chi connectivity index (χ0) is 28.3. The van der Waals surface area contributed by atoms with Gasteiger partial charge in [-0.25, -0.2) is 9.98 Å². The Morgan fingerprint density at radius 2 is 1.10 bits per heavy atom. The summed E-state index contributed by atoms with van der Waals surface area (Å²) in [6, 6.07) is 51.7. The van der Waals surface area contributed by atoms with Crippen LogP contribution in [-0.4, -0.2) is 11.7 Å². The second kappa shape index (κ2) is 11.0. The Hall–Kier alpha value is -5.79. The monoisotopic (exact) mass is 538 g/mol. The normalized spacial score (nSPS) is 13.1. The maximum atomic E-state index is 9.33. The lowest BCUT2D eigenvalue weighted by atomic mass is 9.92. The molecule has 7 rings (SSSR count). The number of fused-ring (bicyclic) bond motifs is 1. The Labute approximate surface area is 245 Å². The summed E-state index contributed by atoms with van der Waals surface area (Å²) in [5.41, 5.74) is 8.09. The Morgan fingerprint density at radius 3 is 1.74 bits per heavy atom. The molecular formula is C38H26N4. The molecule has 6 aromatic carbocycles. The highest BCUT2D eigenvalue weighted by molar-refractivity contribution is 6.16. The molecule has 1 aliphatic rings. The van der Waals surface area contributed by atoms with Crippen molar-refractivity contribution in [2.45, 2.75) is 6.17 Å². The van der Waals surface area contributed by atoms with E-state index in [0.717, 1.165) is 61.4 Å². The fourth-order valence-corrected chi connectivity index (χ4v) is 5.51. The van der Waals surface area contributed by atoms with Crippen LogP contribution in [0.15, 0.2) is 156 Å². The lowest BCUT2D eigenvalue weighted by Crippen LogP contribution is -2.36. The lowest BCUT2D eigenvalue weighted by molar-refractivity contribution is 0.762. The molecule has 1 heterocycles. The first-order valence-electron chi connectivity index (χ1n) is 13.9. The number of benzene rings is 6. The van der Waals surface area contributed by atoms with Crippen molar-refractivity contribution in [3.05, 3.63) is 168 Å². The molecule has 6 aromatic rings. The van der Waals surface area contributed by atoms with Crippen molar-refractivity contribution in [3.63, 3.8) is 0 Å². The molecule has 4 heteroatoms. The summed E-state index contributed by atoms with van der Waals surface area (Å²) in [6.45, 7) is 0. The standard InChI is InChI=1S/C38H26N4/c39-25-26-10-7-17-32(24-26)27-20-22-28(23-21-27)33-18-8-15-29-16-9-19-34(35(29)33)38-41-36(30-11-3-1-4-12-30)40-37(42-38)31-13-5-2-6-14-31/h1-24,38H,(H,40,41,42). The first-order valence-corrected chi connectivity index (χ1v) is 13.9. The molecule has 1 N–H and O–H groups in total.